The Labute approximate surface area is 132 Å². The molecular weight excluding hydrogens is 278 g/mol. The van der Waals surface area contributed by atoms with Crippen molar-refractivity contribution in [1.82, 2.24) is 10.6 Å². The van der Waals surface area contributed by atoms with Gasteiger partial charge in [0, 0.05) is 25.9 Å². The van der Waals surface area contributed by atoms with Crippen LogP contribution in [0.1, 0.15) is 25.8 Å². The van der Waals surface area contributed by atoms with Crippen LogP contribution in [-0.2, 0) is 16.1 Å². The average Bonchev–Trinajstić information content (AvgIpc) is 2.52. The van der Waals surface area contributed by atoms with Crippen molar-refractivity contribution in [1.29, 1.82) is 5.26 Å². The smallest absolute Gasteiger partial charge is 0.263 e. The summed E-state index contributed by atoms with van der Waals surface area (Å²) in [4.78, 5) is 11.9. The number of nitriles is 1. The van der Waals surface area contributed by atoms with Gasteiger partial charge >= 0.3 is 0 Å². The molecule has 0 atom stereocenters. The molecule has 0 fully saturated rings. The molecule has 0 bridgehead atoms. The number of nitrogens with zero attached hydrogens (tertiary/aromatic N) is 1. The molecule has 1 rings (SSSR count). The molecule has 0 saturated carbocycles. The highest BCUT2D eigenvalue weighted by Crippen LogP contribution is 1.99. The molecule has 0 aliphatic carbocycles. The van der Waals surface area contributed by atoms with Gasteiger partial charge in [0.25, 0.3) is 5.91 Å². The second-order valence-electron chi connectivity index (χ2n) is 5.07. The minimum absolute atomic E-state index is 0.0701. The van der Waals surface area contributed by atoms with Gasteiger partial charge < -0.3 is 15.4 Å². The molecule has 0 saturated heterocycles. The summed E-state index contributed by atoms with van der Waals surface area (Å²) in [6.07, 6.45) is 2.49. The summed E-state index contributed by atoms with van der Waals surface area (Å²) in [6, 6.07) is 11.5. The molecular formula is C17H23N3O2. The second kappa shape index (κ2) is 10.4. The van der Waals surface area contributed by atoms with Crippen molar-refractivity contribution in [2.45, 2.75) is 32.9 Å². The van der Waals surface area contributed by atoms with E-state index in [0.717, 1.165) is 12.0 Å². The molecule has 0 spiro atoms. The molecule has 118 valence electrons. The van der Waals surface area contributed by atoms with Crippen molar-refractivity contribution >= 4 is 5.91 Å². The van der Waals surface area contributed by atoms with Crippen LogP contribution >= 0.6 is 0 Å². The number of carbonyl (C=O) groups is 1. The van der Waals surface area contributed by atoms with E-state index < -0.39 is 0 Å². The summed E-state index contributed by atoms with van der Waals surface area (Å²) in [5.41, 5.74) is 1.06. The molecule has 0 aromatic heterocycles. The topological polar surface area (TPSA) is 74.1 Å². The Kier molecular flexibility index (Phi) is 8.39. The number of hydrogen-bond donors (Lipinski definition) is 2. The third kappa shape index (κ3) is 7.46. The molecule has 0 unspecified atom stereocenters. The monoisotopic (exact) mass is 301 g/mol. The van der Waals surface area contributed by atoms with Crippen LogP contribution in [0.3, 0.4) is 0 Å². The zero-order valence-electron chi connectivity index (χ0n) is 13.1. The number of benzene rings is 1. The molecule has 22 heavy (non-hydrogen) atoms. The van der Waals surface area contributed by atoms with Gasteiger partial charge in [-0.2, -0.15) is 5.26 Å². The maximum Gasteiger partial charge on any atom is 0.263 e. The fraction of sp³-hybridized carbons (Fsp3) is 0.412. The van der Waals surface area contributed by atoms with Gasteiger partial charge in [-0.25, -0.2) is 0 Å². The van der Waals surface area contributed by atoms with Crippen LogP contribution in [0.2, 0.25) is 0 Å². The Balaban J connectivity index is 2.31. The fourth-order valence-electron chi connectivity index (χ4n) is 1.69. The largest absolute Gasteiger partial charge is 0.390 e. The third-order valence-electron chi connectivity index (χ3n) is 2.82. The minimum atomic E-state index is -0.378. The molecule has 1 amide bonds. The first-order valence-corrected chi connectivity index (χ1v) is 7.41. The molecule has 5 heteroatoms. The van der Waals surface area contributed by atoms with Crippen molar-refractivity contribution in [3.8, 4) is 6.07 Å². The first-order chi connectivity index (χ1) is 10.6. The molecule has 0 aliphatic rings. The summed E-state index contributed by atoms with van der Waals surface area (Å²) < 4.78 is 5.41. The van der Waals surface area contributed by atoms with E-state index in [0.29, 0.717) is 19.7 Å². The molecule has 0 radical (unpaired) electrons. The Bertz CT molecular complexity index is 518. The summed E-state index contributed by atoms with van der Waals surface area (Å²) >= 11 is 0. The number of ether oxygens (including phenoxy) is 1. The van der Waals surface area contributed by atoms with E-state index in [1.165, 1.54) is 6.20 Å². The van der Waals surface area contributed by atoms with Gasteiger partial charge in [0.2, 0.25) is 0 Å². The van der Waals surface area contributed by atoms with E-state index in [4.69, 9.17) is 10.00 Å². The van der Waals surface area contributed by atoms with Crippen molar-refractivity contribution < 1.29 is 9.53 Å². The predicted molar refractivity (Wildman–Crippen MR) is 85.7 cm³/mol. The van der Waals surface area contributed by atoms with Gasteiger partial charge in [-0.05, 0) is 25.8 Å². The van der Waals surface area contributed by atoms with Crippen LogP contribution in [0.25, 0.3) is 0 Å². The van der Waals surface area contributed by atoms with Crippen molar-refractivity contribution in [3.63, 3.8) is 0 Å². The maximum absolute atomic E-state index is 11.9. The highest BCUT2D eigenvalue weighted by atomic mass is 16.5. The van der Waals surface area contributed by atoms with E-state index in [1.54, 1.807) is 0 Å². The summed E-state index contributed by atoms with van der Waals surface area (Å²) in [6.45, 7) is 5.68. The van der Waals surface area contributed by atoms with Crippen LogP contribution in [0.4, 0.5) is 0 Å². The standard InChI is InChI=1S/C17H23N3O2/c1-14(2)22-10-6-9-19-13-16(11-18)17(21)20-12-15-7-4-3-5-8-15/h3-5,7-8,13-14,19H,6,9-10,12H2,1-2H3,(H,20,21)/b16-13-. The second-order valence-corrected chi connectivity index (χ2v) is 5.07. The van der Waals surface area contributed by atoms with E-state index in [1.807, 2.05) is 50.2 Å². The lowest BCUT2D eigenvalue weighted by molar-refractivity contribution is -0.117. The molecule has 1 aromatic rings. The Morgan fingerprint density at radius 3 is 2.73 bits per heavy atom. The van der Waals surface area contributed by atoms with Gasteiger partial charge in [0.05, 0.1) is 6.10 Å². The quantitative estimate of drug-likeness (QED) is 0.416. The molecule has 1 aromatic carbocycles. The first kappa shape index (κ1) is 17.7. The zero-order valence-corrected chi connectivity index (χ0v) is 13.1. The number of rotatable bonds is 9. The normalized spacial score (nSPS) is 11.1. The average molecular weight is 301 g/mol. The molecule has 0 heterocycles. The van der Waals surface area contributed by atoms with Crippen LogP contribution in [-0.4, -0.2) is 25.2 Å². The Morgan fingerprint density at radius 1 is 1.36 bits per heavy atom. The minimum Gasteiger partial charge on any atom is -0.390 e. The van der Waals surface area contributed by atoms with E-state index in [9.17, 15) is 4.79 Å². The molecule has 5 nitrogen and oxygen atoms in total. The van der Waals surface area contributed by atoms with Gasteiger partial charge in [-0.15, -0.1) is 0 Å². The van der Waals surface area contributed by atoms with Gasteiger partial charge in [-0.3, -0.25) is 4.79 Å². The van der Waals surface area contributed by atoms with Gasteiger partial charge in [-0.1, -0.05) is 30.3 Å². The molecule has 2 N–H and O–H groups in total. The number of amides is 1. The zero-order chi connectivity index (χ0) is 16.2. The number of nitrogens with one attached hydrogen (secondary N) is 2. The summed E-state index contributed by atoms with van der Waals surface area (Å²) in [7, 11) is 0. The van der Waals surface area contributed by atoms with Crippen LogP contribution in [0.15, 0.2) is 42.1 Å². The fourth-order valence-corrected chi connectivity index (χ4v) is 1.69. The van der Waals surface area contributed by atoms with Crippen LogP contribution in [0.5, 0.6) is 0 Å². The summed E-state index contributed by atoms with van der Waals surface area (Å²) in [5, 5.41) is 14.7. The van der Waals surface area contributed by atoms with E-state index >= 15 is 0 Å². The summed E-state index contributed by atoms with van der Waals surface area (Å²) in [5.74, 6) is -0.378. The number of carbonyl (C=O) groups excluding carboxylic acids is 1. The van der Waals surface area contributed by atoms with Crippen molar-refractivity contribution in [2.24, 2.45) is 0 Å². The molecule has 0 aliphatic heterocycles. The first-order valence-electron chi connectivity index (χ1n) is 7.41. The van der Waals surface area contributed by atoms with E-state index in [2.05, 4.69) is 10.6 Å². The highest BCUT2D eigenvalue weighted by Gasteiger charge is 2.07. The lowest BCUT2D eigenvalue weighted by Gasteiger charge is -2.07. The van der Waals surface area contributed by atoms with Gasteiger partial charge in [0.1, 0.15) is 11.6 Å². The predicted octanol–water partition coefficient (Wildman–Crippen LogP) is 2.11. The number of hydrogen-bond acceptors (Lipinski definition) is 4. The Hall–Kier alpha value is -2.32. The SMILES string of the molecule is CC(C)OCCCN/C=C(/C#N)C(=O)NCc1ccccc1. The van der Waals surface area contributed by atoms with Gasteiger partial charge in [0.15, 0.2) is 0 Å². The lowest BCUT2D eigenvalue weighted by atomic mass is 10.2. The maximum atomic E-state index is 11.9. The lowest BCUT2D eigenvalue weighted by Crippen LogP contribution is -2.25. The Morgan fingerprint density at radius 2 is 2.09 bits per heavy atom. The van der Waals surface area contributed by atoms with E-state index in [-0.39, 0.29) is 17.6 Å². The third-order valence-corrected chi connectivity index (χ3v) is 2.82. The van der Waals surface area contributed by atoms with Crippen molar-refractivity contribution in [2.75, 3.05) is 13.2 Å². The van der Waals surface area contributed by atoms with Crippen LogP contribution in [0, 0.1) is 11.3 Å². The van der Waals surface area contributed by atoms with Crippen molar-refractivity contribution in [3.05, 3.63) is 47.7 Å². The highest BCUT2D eigenvalue weighted by molar-refractivity contribution is 5.97. The van der Waals surface area contributed by atoms with Crippen LogP contribution < -0.4 is 10.6 Å².